The average molecular weight is 240 g/mol. The van der Waals surface area contributed by atoms with Crippen LogP contribution in [0.3, 0.4) is 0 Å². The molecule has 1 unspecified atom stereocenters. The van der Waals surface area contributed by atoms with Crippen molar-refractivity contribution >= 4 is 0 Å². The van der Waals surface area contributed by atoms with Gasteiger partial charge in [0.05, 0.1) is 6.20 Å². The van der Waals surface area contributed by atoms with E-state index in [1.54, 1.807) is 13.3 Å². The molecule has 4 heteroatoms. The molecule has 1 aromatic rings. The Labute approximate surface area is 104 Å². The Morgan fingerprint density at radius 2 is 2.18 bits per heavy atom. The van der Waals surface area contributed by atoms with Crippen LogP contribution in [0.25, 0.3) is 0 Å². The van der Waals surface area contributed by atoms with Crippen LogP contribution in [0.5, 0.6) is 0 Å². The molecule has 1 N–H and O–H groups in total. The van der Waals surface area contributed by atoms with Gasteiger partial charge in [-0.05, 0) is 32.4 Å². The monoisotopic (exact) mass is 240 g/mol. The molecule has 0 fully saturated rings. The first-order valence-corrected chi connectivity index (χ1v) is 6.31. The van der Waals surface area contributed by atoms with Gasteiger partial charge in [0.1, 0.15) is 6.10 Å². The van der Waals surface area contributed by atoms with Crippen LogP contribution in [-0.2, 0) is 11.2 Å². The van der Waals surface area contributed by atoms with E-state index in [2.05, 4.69) is 24.1 Å². The highest BCUT2D eigenvalue weighted by molar-refractivity contribution is 4.97. The first kappa shape index (κ1) is 14.2. The molecule has 17 heavy (non-hydrogen) atoms. The summed E-state index contributed by atoms with van der Waals surface area (Å²) in [5.74, 6) is 2.30. The number of nitrogens with zero attached hydrogens (tertiary/aromatic N) is 1. The van der Waals surface area contributed by atoms with Crippen molar-refractivity contribution in [2.75, 3.05) is 20.2 Å². The lowest BCUT2D eigenvalue weighted by atomic mass is 10.2. The van der Waals surface area contributed by atoms with E-state index in [0.717, 1.165) is 37.6 Å². The van der Waals surface area contributed by atoms with Gasteiger partial charge in [-0.3, -0.25) is 0 Å². The molecule has 0 bridgehead atoms. The largest absolute Gasteiger partial charge is 0.443 e. The molecular formula is C13H24N2O2. The summed E-state index contributed by atoms with van der Waals surface area (Å²) >= 11 is 0. The smallest absolute Gasteiger partial charge is 0.194 e. The Hall–Kier alpha value is -0.870. The molecule has 0 aliphatic rings. The maximum absolute atomic E-state index is 5.60. The minimum absolute atomic E-state index is 0.0182. The molecule has 1 heterocycles. The summed E-state index contributed by atoms with van der Waals surface area (Å²) < 4.78 is 10.8. The lowest BCUT2D eigenvalue weighted by Gasteiger charge is -2.06. The third-order valence-electron chi connectivity index (χ3n) is 2.62. The Morgan fingerprint density at radius 3 is 2.82 bits per heavy atom. The fraction of sp³-hybridized carbons (Fsp3) is 0.769. The lowest BCUT2D eigenvalue weighted by Crippen LogP contribution is -2.21. The minimum atomic E-state index is -0.0182. The van der Waals surface area contributed by atoms with E-state index in [-0.39, 0.29) is 6.10 Å². The van der Waals surface area contributed by atoms with Crippen LogP contribution in [0.4, 0.5) is 0 Å². The molecule has 98 valence electrons. The van der Waals surface area contributed by atoms with Gasteiger partial charge in [0.2, 0.25) is 0 Å². The van der Waals surface area contributed by atoms with Gasteiger partial charge in [0.25, 0.3) is 0 Å². The second kappa shape index (κ2) is 7.45. The zero-order chi connectivity index (χ0) is 12.7. The van der Waals surface area contributed by atoms with E-state index in [4.69, 9.17) is 9.15 Å². The van der Waals surface area contributed by atoms with E-state index in [9.17, 15) is 0 Å². The molecule has 1 aromatic heterocycles. The molecular weight excluding hydrogens is 216 g/mol. The van der Waals surface area contributed by atoms with Crippen molar-refractivity contribution in [2.45, 2.75) is 39.7 Å². The number of ether oxygens (including phenoxy) is 1. The van der Waals surface area contributed by atoms with Crippen LogP contribution in [0.2, 0.25) is 0 Å². The number of nitrogens with one attached hydrogen (secondary N) is 1. The molecule has 0 spiro atoms. The summed E-state index contributed by atoms with van der Waals surface area (Å²) in [6, 6.07) is 0. The first-order chi connectivity index (χ1) is 8.13. The molecule has 1 atom stereocenters. The fourth-order valence-electron chi connectivity index (χ4n) is 1.50. The molecule has 0 amide bonds. The highest BCUT2D eigenvalue weighted by Crippen LogP contribution is 2.16. The molecule has 0 aromatic carbocycles. The predicted octanol–water partition coefficient (Wildman–Crippen LogP) is 2.56. The second-order valence-corrected chi connectivity index (χ2v) is 4.74. The van der Waals surface area contributed by atoms with E-state index < -0.39 is 0 Å². The van der Waals surface area contributed by atoms with Crippen LogP contribution >= 0.6 is 0 Å². The Balaban J connectivity index is 2.21. The van der Waals surface area contributed by atoms with Crippen LogP contribution in [-0.4, -0.2) is 25.2 Å². The molecule has 0 aliphatic heterocycles. The molecule has 1 rings (SSSR count). The van der Waals surface area contributed by atoms with E-state index in [1.165, 1.54) is 0 Å². The Morgan fingerprint density at radius 1 is 1.41 bits per heavy atom. The fourth-order valence-corrected chi connectivity index (χ4v) is 1.50. The molecule has 0 aliphatic carbocycles. The summed E-state index contributed by atoms with van der Waals surface area (Å²) in [7, 11) is 1.67. The molecule has 0 saturated carbocycles. The van der Waals surface area contributed by atoms with Crippen LogP contribution in [0.15, 0.2) is 10.6 Å². The van der Waals surface area contributed by atoms with Crippen molar-refractivity contribution in [2.24, 2.45) is 5.92 Å². The standard InChI is InChI=1S/C13H24N2O2/c1-10(2)8-14-7-5-6-13-15-9-12(17-13)11(3)16-4/h9-11,14H,5-8H2,1-4H3. The van der Waals surface area contributed by atoms with Gasteiger partial charge in [0.15, 0.2) is 11.7 Å². The summed E-state index contributed by atoms with van der Waals surface area (Å²) in [6.45, 7) is 8.45. The van der Waals surface area contributed by atoms with Crippen molar-refractivity contribution in [1.29, 1.82) is 0 Å². The van der Waals surface area contributed by atoms with Crippen molar-refractivity contribution in [3.05, 3.63) is 17.8 Å². The van der Waals surface area contributed by atoms with Gasteiger partial charge < -0.3 is 14.5 Å². The summed E-state index contributed by atoms with van der Waals surface area (Å²) in [5.41, 5.74) is 0. The maximum atomic E-state index is 5.60. The number of methoxy groups -OCH3 is 1. The molecule has 0 saturated heterocycles. The van der Waals surface area contributed by atoms with Crippen molar-refractivity contribution in [3.8, 4) is 0 Å². The normalized spacial score (nSPS) is 13.2. The van der Waals surface area contributed by atoms with E-state index in [0.29, 0.717) is 5.92 Å². The third kappa shape index (κ3) is 5.33. The first-order valence-electron chi connectivity index (χ1n) is 6.31. The third-order valence-corrected chi connectivity index (χ3v) is 2.62. The van der Waals surface area contributed by atoms with Crippen LogP contribution in [0.1, 0.15) is 44.9 Å². The van der Waals surface area contributed by atoms with Gasteiger partial charge in [-0.1, -0.05) is 13.8 Å². The lowest BCUT2D eigenvalue weighted by molar-refractivity contribution is 0.0982. The molecule has 0 radical (unpaired) electrons. The molecule has 4 nitrogen and oxygen atoms in total. The van der Waals surface area contributed by atoms with Crippen molar-refractivity contribution in [1.82, 2.24) is 10.3 Å². The predicted molar refractivity (Wildman–Crippen MR) is 68.0 cm³/mol. The minimum Gasteiger partial charge on any atom is -0.443 e. The van der Waals surface area contributed by atoms with Crippen molar-refractivity contribution < 1.29 is 9.15 Å². The second-order valence-electron chi connectivity index (χ2n) is 4.74. The van der Waals surface area contributed by atoms with Crippen LogP contribution in [0, 0.1) is 5.92 Å². The number of aryl methyl sites for hydroxylation is 1. The average Bonchev–Trinajstić information content (AvgIpc) is 2.76. The van der Waals surface area contributed by atoms with Gasteiger partial charge in [-0.25, -0.2) is 4.98 Å². The number of aromatic nitrogens is 1. The quantitative estimate of drug-likeness (QED) is 0.709. The van der Waals surface area contributed by atoms with Gasteiger partial charge in [-0.2, -0.15) is 0 Å². The zero-order valence-corrected chi connectivity index (χ0v) is 11.3. The van der Waals surface area contributed by atoms with Gasteiger partial charge >= 0.3 is 0 Å². The summed E-state index contributed by atoms with van der Waals surface area (Å²) in [6.07, 6.45) is 3.66. The highest BCUT2D eigenvalue weighted by Gasteiger charge is 2.10. The highest BCUT2D eigenvalue weighted by atomic mass is 16.5. The topological polar surface area (TPSA) is 47.3 Å². The van der Waals surface area contributed by atoms with Gasteiger partial charge in [-0.15, -0.1) is 0 Å². The maximum Gasteiger partial charge on any atom is 0.194 e. The Bertz CT molecular complexity index is 310. The summed E-state index contributed by atoms with van der Waals surface area (Å²) in [4.78, 5) is 4.24. The van der Waals surface area contributed by atoms with E-state index >= 15 is 0 Å². The van der Waals surface area contributed by atoms with Gasteiger partial charge in [0, 0.05) is 13.5 Å². The Kier molecular flexibility index (Phi) is 6.22. The number of oxazole rings is 1. The number of hydrogen-bond donors (Lipinski definition) is 1. The van der Waals surface area contributed by atoms with Crippen LogP contribution < -0.4 is 5.32 Å². The van der Waals surface area contributed by atoms with Crippen molar-refractivity contribution in [3.63, 3.8) is 0 Å². The number of hydrogen-bond acceptors (Lipinski definition) is 4. The van der Waals surface area contributed by atoms with E-state index in [1.807, 2.05) is 6.92 Å². The zero-order valence-electron chi connectivity index (χ0n) is 11.3. The summed E-state index contributed by atoms with van der Waals surface area (Å²) in [5, 5.41) is 3.40. The SMILES string of the molecule is COC(C)c1cnc(CCCNCC(C)C)o1. The number of rotatable bonds is 8.